The van der Waals surface area contributed by atoms with Crippen LogP contribution < -0.4 is 15.4 Å². The van der Waals surface area contributed by atoms with Crippen molar-refractivity contribution < 1.29 is 55.0 Å². The molecule has 1 aliphatic heterocycles. The molecule has 0 spiro atoms. The number of amides is 5. The van der Waals surface area contributed by atoms with Crippen LogP contribution in [0.4, 0.5) is 18.9 Å². The second-order valence-corrected chi connectivity index (χ2v) is 17.6. The summed E-state index contributed by atoms with van der Waals surface area (Å²) in [6.45, 7) is 13.3. The van der Waals surface area contributed by atoms with Gasteiger partial charge in [0.2, 0.25) is 23.6 Å². The Bertz CT molecular complexity index is 1670. The molecule has 15 nitrogen and oxygen atoms in total. The van der Waals surface area contributed by atoms with Gasteiger partial charge in [-0.1, -0.05) is 54.9 Å². The molecule has 0 saturated carbocycles. The van der Waals surface area contributed by atoms with Crippen molar-refractivity contribution in [3.05, 3.63) is 24.3 Å². The Morgan fingerprint density at radius 2 is 1.50 bits per heavy atom. The number of nitrogens with one attached hydrogen (secondary N) is 3. The second kappa shape index (κ2) is 21.4. The molecule has 5 amide bonds. The molecular weight excluding hydrogens is 786 g/mol. The number of hydrogen-bond donors (Lipinski definition) is 3. The van der Waals surface area contributed by atoms with Crippen molar-refractivity contribution in [3.8, 4) is 0 Å². The molecule has 8 atom stereocenters. The van der Waals surface area contributed by atoms with E-state index in [1.54, 1.807) is 22.2 Å². The average Bonchev–Trinajstić information content (AvgIpc) is 3.62. The Kier molecular flexibility index (Phi) is 18.6. The van der Waals surface area contributed by atoms with Gasteiger partial charge in [0.1, 0.15) is 6.04 Å². The first-order chi connectivity index (χ1) is 26.8. The topological polar surface area (TPSA) is 184 Å². The predicted molar refractivity (Wildman–Crippen MR) is 212 cm³/mol. The van der Waals surface area contributed by atoms with E-state index in [1.807, 2.05) is 65.3 Å². The lowest BCUT2D eigenvalue weighted by Crippen LogP contribution is -2.59. The van der Waals surface area contributed by atoms with E-state index >= 15 is 0 Å². The van der Waals surface area contributed by atoms with Crippen molar-refractivity contribution >= 4 is 45.2 Å². The van der Waals surface area contributed by atoms with Gasteiger partial charge in [0.25, 0.3) is 10.0 Å². The number of nitrogens with zero attached hydrogens (tertiary/aromatic N) is 3. The van der Waals surface area contributed by atoms with Gasteiger partial charge in [-0.05, 0) is 69.0 Å². The summed E-state index contributed by atoms with van der Waals surface area (Å²) in [5.41, 5.74) is -0.306. The van der Waals surface area contributed by atoms with Crippen molar-refractivity contribution in [2.24, 2.45) is 23.7 Å². The van der Waals surface area contributed by atoms with Crippen LogP contribution in [0.15, 0.2) is 29.2 Å². The predicted octanol–water partition coefficient (Wildman–Crippen LogP) is 3.64. The maximum atomic E-state index is 14.2. The maximum absolute atomic E-state index is 14.2. The van der Waals surface area contributed by atoms with E-state index in [-0.39, 0.29) is 47.6 Å². The molecule has 0 aliphatic carbocycles. The molecule has 19 heteroatoms. The number of benzene rings is 1. The number of rotatable bonds is 20. The zero-order valence-electron chi connectivity index (χ0n) is 35.7. The summed E-state index contributed by atoms with van der Waals surface area (Å²) in [6.07, 6.45) is -5.30. The van der Waals surface area contributed by atoms with E-state index in [0.29, 0.717) is 25.8 Å². The summed E-state index contributed by atoms with van der Waals surface area (Å²) in [4.78, 5) is 70.9. The number of sulfonamides is 1. The van der Waals surface area contributed by atoms with Gasteiger partial charge in [0.05, 0.1) is 47.6 Å². The molecule has 0 radical (unpaired) electrons. The lowest BCUT2D eigenvalue weighted by atomic mass is 9.89. The first kappa shape index (κ1) is 50.3. The minimum absolute atomic E-state index is 0.00894. The molecule has 0 bridgehead atoms. The fourth-order valence-corrected chi connectivity index (χ4v) is 8.68. The van der Waals surface area contributed by atoms with Gasteiger partial charge in [-0.15, -0.1) is 0 Å². The summed E-state index contributed by atoms with van der Waals surface area (Å²) in [5.74, 6) is -5.55. The van der Waals surface area contributed by atoms with Gasteiger partial charge in [0, 0.05) is 33.5 Å². The highest BCUT2D eigenvalue weighted by molar-refractivity contribution is 7.90. The Hall–Kier alpha value is -3.81. The normalized spacial score (nSPS) is 18.6. The summed E-state index contributed by atoms with van der Waals surface area (Å²) < 4.78 is 77.7. The molecule has 330 valence electrons. The molecule has 58 heavy (non-hydrogen) atoms. The number of likely N-dealkylation sites (tertiary alicyclic amines) is 1. The lowest BCUT2D eigenvalue weighted by molar-refractivity contribution is -0.167. The molecule has 1 fully saturated rings. The summed E-state index contributed by atoms with van der Waals surface area (Å²) in [5, 5.41) is 4.59. The van der Waals surface area contributed by atoms with Gasteiger partial charge < -0.3 is 29.9 Å². The van der Waals surface area contributed by atoms with Gasteiger partial charge in [0.15, 0.2) is 0 Å². The van der Waals surface area contributed by atoms with Crippen LogP contribution >= 0.6 is 0 Å². The first-order valence-corrected chi connectivity index (χ1v) is 21.0. The number of methoxy groups -OCH3 is 2. The SMILES string of the molecule is CCC(C)[C@@H]([C@@H](CC(=O)N1CCC[C@H]1[C@H](OC)[C@@H](C)C(=O)NS(=O)(=O)c1ccc(NC(=O)C(F)(F)F)cc1)OC)N(C)C(=O)[C@@H](NC(=O)[C@H](C(C)C)N(C)C)C(C)C. The Labute approximate surface area is 341 Å². The monoisotopic (exact) mass is 848 g/mol. The van der Waals surface area contributed by atoms with Crippen LogP contribution in [0.3, 0.4) is 0 Å². The molecule has 1 unspecified atom stereocenters. The number of alkyl halides is 3. The Morgan fingerprint density at radius 3 is 1.97 bits per heavy atom. The minimum Gasteiger partial charge on any atom is -0.379 e. The standard InChI is InChI=1S/C39H63F3N6O9S/c1-13-24(6)33(47(10)37(52)31(22(2)3)44-36(51)32(23(4)5)46(8)9)29(56-11)21-30(49)48-20-14-15-28(48)34(57-12)25(7)35(50)45-58(54,55)27-18-16-26(17-19-27)43-38(53)39(40,41)42/h16-19,22-25,28-29,31-34H,13-15,20-21H2,1-12H3,(H,43,53)(H,44,51)(H,45,50)/t24?,25-,28+,29-,31+,32+,33+,34-/m1/s1. The molecule has 1 aliphatic rings. The van der Waals surface area contributed by atoms with Gasteiger partial charge in [-0.25, -0.2) is 13.1 Å². The fraction of sp³-hybridized carbons (Fsp3) is 0.718. The summed E-state index contributed by atoms with van der Waals surface area (Å²) >= 11 is 0. The van der Waals surface area contributed by atoms with Crippen LogP contribution in [0.5, 0.6) is 0 Å². The van der Waals surface area contributed by atoms with Crippen LogP contribution in [0.1, 0.15) is 74.1 Å². The molecule has 1 aromatic carbocycles. The minimum atomic E-state index is -5.15. The van der Waals surface area contributed by atoms with E-state index in [2.05, 4.69) is 5.32 Å². The van der Waals surface area contributed by atoms with Crippen LogP contribution in [-0.4, -0.2) is 137 Å². The molecule has 1 heterocycles. The van der Waals surface area contributed by atoms with Crippen LogP contribution in [0.25, 0.3) is 0 Å². The number of halogens is 3. The third-order valence-corrected chi connectivity index (χ3v) is 12.2. The largest absolute Gasteiger partial charge is 0.471 e. The van der Waals surface area contributed by atoms with Crippen LogP contribution in [0.2, 0.25) is 0 Å². The van der Waals surface area contributed by atoms with E-state index in [0.717, 1.165) is 24.3 Å². The lowest BCUT2D eigenvalue weighted by Gasteiger charge is -2.41. The number of anilines is 1. The summed E-state index contributed by atoms with van der Waals surface area (Å²) in [6, 6.07) is 1.29. The highest BCUT2D eigenvalue weighted by Crippen LogP contribution is 2.30. The van der Waals surface area contributed by atoms with Crippen molar-refractivity contribution in [3.63, 3.8) is 0 Å². The smallest absolute Gasteiger partial charge is 0.379 e. The van der Waals surface area contributed by atoms with E-state index in [4.69, 9.17) is 9.47 Å². The highest BCUT2D eigenvalue weighted by atomic mass is 32.2. The molecule has 0 aromatic heterocycles. The zero-order chi connectivity index (χ0) is 44.4. The van der Waals surface area contributed by atoms with Gasteiger partial charge in [-0.2, -0.15) is 13.2 Å². The molecule has 1 saturated heterocycles. The number of ether oxygens (including phenoxy) is 2. The van der Waals surface area contributed by atoms with Crippen molar-refractivity contribution in [2.45, 2.75) is 122 Å². The third kappa shape index (κ3) is 12.8. The summed E-state index contributed by atoms with van der Waals surface area (Å²) in [7, 11) is 3.58. The molecule has 3 N–H and O–H groups in total. The molecular formula is C39H63F3N6O9S. The average molecular weight is 849 g/mol. The molecule has 2 rings (SSSR count). The number of carbonyl (C=O) groups excluding carboxylic acids is 5. The number of carbonyl (C=O) groups is 5. The Morgan fingerprint density at radius 1 is 0.914 bits per heavy atom. The fourth-order valence-electron chi connectivity index (χ4n) is 7.61. The zero-order valence-corrected chi connectivity index (χ0v) is 36.5. The van der Waals surface area contributed by atoms with E-state index in [1.165, 1.54) is 21.1 Å². The Balaban J connectivity index is 2.27. The number of hydrogen-bond acceptors (Lipinski definition) is 10. The number of likely N-dealkylation sites (N-methyl/N-ethyl adjacent to an activating group) is 2. The highest BCUT2D eigenvalue weighted by Gasteiger charge is 2.44. The van der Waals surface area contributed by atoms with Crippen molar-refractivity contribution in [1.29, 1.82) is 0 Å². The van der Waals surface area contributed by atoms with E-state index < -0.39 is 75.2 Å². The van der Waals surface area contributed by atoms with Crippen LogP contribution in [0, 0.1) is 23.7 Å². The van der Waals surface area contributed by atoms with Crippen molar-refractivity contribution in [2.75, 3.05) is 47.2 Å². The van der Waals surface area contributed by atoms with Gasteiger partial charge >= 0.3 is 12.1 Å². The quantitative estimate of drug-likeness (QED) is 0.175. The second-order valence-electron chi connectivity index (χ2n) is 15.9. The third-order valence-electron chi connectivity index (χ3n) is 10.9. The first-order valence-electron chi connectivity index (χ1n) is 19.5. The molecule has 1 aromatic rings. The maximum Gasteiger partial charge on any atom is 0.471 e. The van der Waals surface area contributed by atoms with Crippen LogP contribution in [-0.2, 0) is 43.5 Å². The van der Waals surface area contributed by atoms with Gasteiger partial charge in [-0.3, -0.25) is 28.9 Å². The van der Waals surface area contributed by atoms with Crippen molar-refractivity contribution in [1.82, 2.24) is 24.7 Å². The van der Waals surface area contributed by atoms with E-state index in [9.17, 15) is 45.6 Å².